The number of Topliss-reactive ketones (excluding diaryl/α,β-unsaturated/α-hetero) is 1. The predicted molar refractivity (Wildman–Crippen MR) is 81.3 cm³/mol. The third-order valence-electron chi connectivity index (χ3n) is 4.32. The number of rotatable bonds is 5. The van der Waals surface area contributed by atoms with Crippen LogP contribution in [0.2, 0.25) is 0 Å². The Morgan fingerprint density at radius 1 is 1.53 bits per heavy atom. The summed E-state index contributed by atoms with van der Waals surface area (Å²) in [6.07, 6.45) is 6.35. The van der Waals surface area contributed by atoms with E-state index in [1.165, 1.54) is 0 Å². The second-order valence-electron chi connectivity index (χ2n) is 6.49. The molecule has 0 heterocycles. The van der Waals surface area contributed by atoms with Crippen molar-refractivity contribution >= 4 is 17.5 Å². The maximum absolute atomic E-state index is 12.4. The zero-order valence-electron chi connectivity index (χ0n) is 12.5. The molecule has 108 valence electrons. The number of carbonyl (C=O) groups is 1. The van der Waals surface area contributed by atoms with Crippen LogP contribution in [0.5, 0.6) is 0 Å². The van der Waals surface area contributed by atoms with E-state index >= 15 is 0 Å². The van der Waals surface area contributed by atoms with Gasteiger partial charge in [-0.15, -0.1) is 0 Å². The van der Waals surface area contributed by atoms with Crippen molar-refractivity contribution in [3.05, 3.63) is 10.4 Å². The van der Waals surface area contributed by atoms with Crippen molar-refractivity contribution in [3.63, 3.8) is 0 Å². The molecule has 2 atom stereocenters. The van der Waals surface area contributed by atoms with E-state index < -0.39 is 0 Å². The number of carbonyl (C=O) groups excluding carboxylic acids is 1. The summed E-state index contributed by atoms with van der Waals surface area (Å²) in [4.78, 5) is 15.1. The molecule has 0 saturated heterocycles. The first kappa shape index (κ1) is 16.4. The highest BCUT2D eigenvalue weighted by Crippen LogP contribution is 2.47. The van der Waals surface area contributed by atoms with Gasteiger partial charge in [0.2, 0.25) is 0 Å². The van der Waals surface area contributed by atoms with Gasteiger partial charge in [0.15, 0.2) is 0 Å². The fourth-order valence-corrected chi connectivity index (χ4v) is 3.95. The average Bonchev–Trinajstić information content (AvgIpc) is 2.35. The Balaban J connectivity index is 2.76. The van der Waals surface area contributed by atoms with Crippen LogP contribution in [0.15, 0.2) is 5.11 Å². The van der Waals surface area contributed by atoms with E-state index in [1.54, 1.807) is 11.8 Å². The van der Waals surface area contributed by atoms with Crippen LogP contribution in [0.3, 0.4) is 0 Å². The summed E-state index contributed by atoms with van der Waals surface area (Å²) in [6.45, 7) is 7.28. The van der Waals surface area contributed by atoms with E-state index in [4.69, 9.17) is 5.53 Å². The van der Waals surface area contributed by atoms with Crippen LogP contribution in [-0.4, -0.2) is 23.3 Å². The van der Waals surface area contributed by atoms with E-state index in [-0.39, 0.29) is 10.2 Å². The van der Waals surface area contributed by atoms with E-state index in [9.17, 15) is 4.79 Å². The molecule has 5 heteroatoms. The van der Waals surface area contributed by atoms with Gasteiger partial charge in [-0.25, -0.2) is 0 Å². The monoisotopic (exact) mass is 283 g/mol. The smallest absolute Gasteiger partial charge is 0.148 e. The number of nitrogens with zero attached hydrogens (tertiary/aromatic N) is 3. The lowest BCUT2D eigenvalue weighted by atomic mass is 9.67. The Labute approximate surface area is 120 Å². The average molecular weight is 283 g/mol. The molecule has 0 spiro atoms. The first-order valence-electron chi connectivity index (χ1n) is 6.95. The molecule has 0 bridgehead atoms. The van der Waals surface area contributed by atoms with E-state index in [0.29, 0.717) is 24.7 Å². The molecule has 19 heavy (non-hydrogen) atoms. The quantitative estimate of drug-likeness (QED) is 0.320. The van der Waals surface area contributed by atoms with Crippen LogP contribution in [0, 0.1) is 11.3 Å². The number of azide groups is 1. The molecule has 0 aromatic heterocycles. The maximum Gasteiger partial charge on any atom is 0.148 e. The van der Waals surface area contributed by atoms with Crippen LogP contribution in [0.25, 0.3) is 10.4 Å². The molecule has 0 aliphatic heterocycles. The Morgan fingerprint density at radius 2 is 2.21 bits per heavy atom. The van der Waals surface area contributed by atoms with E-state index in [0.717, 1.165) is 25.7 Å². The van der Waals surface area contributed by atoms with Crippen molar-refractivity contribution in [1.82, 2.24) is 0 Å². The summed E-state index contributed by atoms with van der Waals surface area (Å²) in [6, 6.07) is 0. The molecule has 1 saturated carbocycles. The molecule has 0 unspecified atom stereocenters. The summed E-state index contributed by atoms with van der Waals surface area (Å²) in [5.41, 5.74) is 8.57. The summed E-state index contributed by atoms with van der Waals surface area (Å²) >= 11 is 1.69. The van der Waals surface area contributed by atoms with Gasteiger partial charge in [0.25, 0.3) is 0 Å². The highest BCUT2D eigenvalue weighted by Gasteiger charge is 2.44. The second kappa shape index (κ2) is 6.67. The fraction of sp³-hybridized carbons (Fsp3) is 0.929. The van der Waals surface area contributed by atoms with Crippen LogP contribution in [-0.2, 0) is 4.79 Å². The fourth-order valence-electron chi connectivity index (χ4n) is 2.91. The third kappa shape index (κ3) is 4.15. The Morgan fingerprint density at radius 3 is 2.74 bits per heavy atom. The van der Waals surface area contributed by atoms with E-state index in [2.05, 4.69) is 30.8 Å². The number of hydrogen-bond acceptors (Lipinski definition) is 3. The molecular formula is C14H25N3OS. The SMILES string of the molecule is CS[C@]1(CCCN=[N+]=[N-])C[C@@H](C(C)(C)C)CCC1=O. The molecule has 0 N–H and O–H groups in total. The van der Waals surface area contributed by atoms with Gasteiger partial charge in [-0.05, 0) is 48.8 Å². The topological polar surface area (TPSA) is 65.8 Å². The summed E-state index contributed by atoms with van der Waals surface area (Å²) in [7, 11) is 0. The van der Waals surface area contributed by atoms with Crippen molar-refractivity contribution in [1.29, 1.82) is 0 Å². The molecule has 1 aliphatic carbocycles. The predicted octanol–water partition coefficient (Wildman–Crippen LogP) is 4.59. The normalized spacial score (nSPS) is 28.0. The van der Waals surface area contributed by atoms with Gasteiger partial charge in [-0.1, -0.05) is 25.9 Å². The zero-order valence-corrected chi connectivity index (χ0v) is 13.3. The lowest BCUT2D eigenvalue weighted by molar-refractivity contribution is -0.124. The van der Waals surface area contributed by atoms with Crippen molar-refractivity contribution in [2.75, 3.05) is 12.8 Å². The summed E-state index contributed by atoms with van der Waals surface area (Å²) in [5.74, 6) is 0.985. The lowest BCUT2D eigenvalue weighted by Crippen LogP contribution is -2.44. The highest BCUT2D eigenvalue weighted by molar-refractivity contribution is 8.00. The van der Waals surface area contributed by atoms with Crippen molar-refractivity contribution < 1.29 is 4.79 Å². The van der Waals surface area contributed by atoms with Gasteiger partial charge in [0.05, 0.1) is 4.75 Å². The zero-order chi connectivity index (χ0) is 14.5. The molecular weight excluding hydrogens is 258 g/mol. The largest absolute Gasteiger partial charge is 0.298 e. The molecule has 0 radical (unpaired) electrons. The summed E-state index contributed by atoms with van der Waals surface area (Å²) in [5, 5.41) is 3.57. The van der Waals surface area contributed by atoms with Crippen LogP contribution in [0.4, 0.5) is 0 Å². The van der Waals surface area contributed by atoms with Gasteiger partial charge < -0.3 is 0 Å². The Bertz CT molecular complexity index is 371. The molecule has 0 aromatic rings. The summed E-state index contributed by atoms with van der Waals surface area (Å²) < 4.78 is -0.249. The Hall–Kier alpha value is -0.670. The maximum atomic E-state index is 12.4. The number of ketones is 1. The van der Waals surface area contributed by atoms with Gasteiger partial charge in [0, 0.05) is 17.9 Å². The minimum absolute atomic E-state index is 0.249. The molecule has 0 aromatic carbocycles. The van der Waals surface area contributed by atoms with Crippen molar-refractivity contribution in [3.8, 4) is 0 Å². The van der Waals surface area contributed by atoms with Crippen LogP contribution < -0.4 is 0 Å². The third-order valence-corrected chi connectivity index (χ3v) is 5.70. The first-order valence-corrected chi connectivity index (χ1v) is 8.17. The van der Waals surface area contributed by atoms with Gasteiger partial charge in [-0.2, -0.15) is 11.8 Å². The second-order valence-corrected chi connectivity index (χ2v) is 7.68. The van der Waals surface area contributed by atoms with Crippen LogP contribution >= 0.6 is 11.8 Å². The van der Waals surface area contributed by atoms with Crippen molar-refractivity contribution in [2.24, 2.45) is 16.4 Å². The van der Waals surface area contributed by atoms with Crippen molar-refractivity contribution in [2.45, 2.75) is 57.6 Å². The first-order chi connectivity index (χ1) is 8.85. The molecule has 1 fully saturated rings. The molecule has 1 aliphatic rings. The van der Waals surface area contributed by atoms with Gasteiger partial charge >= 0.3 is 0 Å². The minimum Gasteiger partial charge on any atom is -0.298 e. The van der Waals surface area contributed by atoms with Gasteiger partial charge in [0.1, 0.15) is 5.78 Å². The lowest BCUT2D eigenvalue weighted by Gasteiger charge is -2.43. The number of thioether (sulfide) groups is 1. The highest BCUT2D eigenvalue weighted by atomic mass is 32.2. The van der Waals surface area contributed by atoms with E-state index in [1.807, 2.05) is 6.26 Å². The standard InChI is InChI=1S/C14H25N3OS/c1-13(2,3)11-6-7-12(18)14(10-11,19-4)8-5-9-16-17-15/h11H,5-10H2,1-4H3/t11-,14+/m0/s1. The Kier molecular flexibility index (Phi) is 5.75. The minimum atomic E-state index is -0.249. The van der Waals surface area contributed by atoms with Crippen LogP contribution in [0.1, 0.15) is 52.9 Å². The molecule has 0 amide bonds. The molecule has 4 nitrogen and oxygen atoms in total. The number of hydrogen-bond donors (Lipinski definition) is 0. The van der Waals surface area contributed by atoms with Gasteiger partial charge in [-0.3, -0.25) is 4.79 Å². The molecule has 1 rings (SSSR count).